The van der Waals surface area contributed by atoms with E-state index in [1.807, 2.05) is 24.6 Å². The zero-order chi connectivity index (χ0) is 25.2. The SMILES string of the molecule is COCC(=O)Nc1cc(OC2=Cc3nc(Nc4ccc(C(F)(F)F)cc4)n(C)c3CC2C)ccn1. The Labute approximate surface area is 199 Å². The van der Waals surface area contributed by atoms with E-state index in [0.29, 0.717) is 41.1 Å². The van der Waals surface area contributed by atoms with Crippen LogP contribution in [0.1, 0.15) is 23.9 Å². The van der Waals surface area contributed by atoms with Crippen LogP contribution in [0.3, 0.4) is 0 Å². The second-order valence-electron chi connectivity index (χ2n) is 8.14. The minimum Gasteiger partial charge on any atom is -0.461 e. The maximum Gasteiger partial charge on any atom is 0.416 e. The van der Waals surface area contributed by atoms with Crippen molar-refractivity contribution in [3.63, 3.8) is 0 Å². The highest BCUT2D eigenvalue weighted by atomic mass is 19.4. The molecule has 1 aliphatic rings. The number of carbonyl (C=O) groups excluding carboxylic acids is 1. The number of fused-ring (bicyclic) bond motifs is 1. The maximum atomic E-state index is 12.8. The van der Waals surface area contributed by atoms with E-state index in [-0.39, 0.29) is 18.4 Å². The molecule has 0 radical (unpaired) electrons. The lowest BCUT2D eigenvalue weighted by Gasteiger charge is -2.21. The van der Waals surface area contributed by atoms with Crippen LogP contribution in [-0.4, -0.2) is 34.2 Å². The van der Waals surface area contributed by atoms with E-state index in [0.717, 1.165) is 17.8 Å². The molecule has 0 saturated heterocycles. The lowest BCUT2D eigenvalue weighted by Crippen LogP contribution is -2.18. The number of nitrogens with zero attached hydrogens (tertiary/aromatic N) is 3. The number of pyridine rings is 1. The Bertz CT molecular complexity index is 1250. The summed E-state index contributed by atoms with van der Waals surface area (Å²) in [6, 6.07) is 8.10. The molecule has 0 fully saturated rings. The summed E-state index contributed by atoms with van der Waals surface area (Å²) in [5.74, 6) is 1.76. The van der Waals surface area contributed by atoms with Crippen LogP contribution < -0.4 is 15.4 Å². The number of methoxy groups -OCH3 is 1. The fraction of sp³-hybridized carbons (Fsp3) is 0.292. The number of hydrogen-bond acceptors (Lipinski definition) is 6. The Kier molecular flexibility index (Phi) is 6.79. The number of rotatable bonds is 7. The molecule has 11 heteroatoms. The molecule has 0 spiro atoms. The third kappa shape index (κ3) is 5.62. The Hall–Kier alpha value is -3.86. The van der Waals surface area contributed by atoms with Crippen molar-refractivity contribution < 1.29 is 27.4 Å². The summed E-state index contributed by atoms with van der Waals surface area (Å²) < 4.78 is 51.2. The molecule has 0 aliphatic heterocycles. The van der Waals surface area contributed by atoms with Gasteiger partial charge in [0.05, 0.1) is 11.3 Å². The van der Waals surface area contributed by atoms with Gasteiger partial charge < -0.3 is 24.7 Å². The highest BCUT2D eigenvalue weighted by molar-refractivity contribution is 5.90. The first-order valence-electron chi connectivity index (χ1n) is 10.8. The number of imidazole rings is 1. The highest BCUT2D eigenvalue weighted by Crippen LogP contribution is 2.33. The molecule has 1 aromatic carbocycles. The van der Waals surface area contributed by atoms with Crippen molar-refractivity contribution in [2.45, 2.75) is 19.5 Å². The van der Waals surface area contributed by atoms with Gasteiger partial charge in [0.1, 0.15) is 23.9 Å². The molecule has 8 nitrogen and oxygen atoms in total. The molecular formula is C24H24F3N5O3. The summed E-state index contributed by atoms with van der Waals surface area (Å²) >= 11 is 0. The number of ether oxygens (including phenoxy) is 2. The molecular weight excluding hydrogens is 463 g/mol. The molecule has 3 aromatic rings. The summed E-state index contributed by atoms with van der Waals surface area (Å²) in [5, 5.41) is 5.71. The lowest BCUT2D eigenvalue weighted by molar-refractivity contribution is -0.137. The van der Waals surface area contributed by atoms with Gasteiger partial charge in [0.2, 0.25) is 5.95 Å². The standard InChI is InChI=1S/C24H24F3N5O3/c1-14-10-19-18(12-20(14)35-17-8-9-28-21(11-17)31-22(33)13-34-3)30-23(32(19)2)29-16-6-4-15(5-7-16)24(25,26)27/h4-9,11-12,14H,10,13H2,1-3H3,(H,29,30)(H,28,31,33). The maximum absolute atomic E-state index is 12.8. The summed E-state index contributed by atoms with van der Waals surface area (Å²) in [7, 11) is 3.28. The van der Waals surface area contributed by atoms with Gasteiger partial charge in [-0.15, -0.1) is 0 Å². The smallest absolute Gasteiger partial charge is 0.416 e. The van der Waals surface area contributed by atoms with Crippen LogP contribution in [0.5, 0.6) is 5.75 Å². The van der Waals surface area contributed by atoms with Crippen LogP contribution in [0.25, 0.3) is 6.08 Å². The Morgan fingerprint density at radius 1 is 1.23 bits per heavy atom. The molecule has 0 bridgehead atoms. The number of nitrogens with one attached hydrogen (secondary N) is 2. The molecule has 2 aromatic heterocycles. The fourth-order valence-electron chi connectivity index (χ4n) is 3.68. The van der Waals surface area contributed by atoms with E-state index < -0.39 is 11.7 Å². The van der Waals surface area contributed by atoms with Crippen molar-refractivity contribution in [1.82, 2.24) is 14.5 Å². The number of amides is 1. The second-order valence-corrected chi connectivity index (χ2v) is 8.14. The van der Waals surface area contributed by atoms with Gasteiger partial charge in [-0.05, 0) is 36.8 Å². The number of alkyl halides is 3. The van der Waals surface area contributed by atoms with E-state index in [2.05, 4.69) is 20.6 Å². The second kappa shape index (κ2) is 9.79. The lowest BCUT2D eigenvalue weighted by atomic mass is 9.96. The van der Waals surface area contributed by atoms with Crippen LogP contribution in [0.4, 0.5) is 30.6 Å². The Morgan fingerprint density at radius 3 is 2.66 bits per heavy atom. The first-order valence-corrected chi connectivity index (χ1v) is 10.8. The van der Waals surface area contributed by atoms with E-state index in [9.17, 15) is 18.0 Å². The van der Waals surface area contributed by atoms with Gasteiger partial charge in [0.15, 0.2) is 0 Å². The topological polar surface area (TPSA) is 90.3 Å². The quantitative estimate of drug-likeness (QED) is 0.499. The van der Waals surface area contributed by atoms with Gasteiger partial charge in [0.25, 0.3) is 5.91 Å². The Morgan fingerprint density at radius 2 is 1.97 bits per heavy atom. The van der Waals surface area contributed by atoms with E-state index >= 15 is 0 Å². The molecule has 0 saturated carbocycles. The molecule has 184 valence electrons. The zero-order valence-electron chi connectivity index (χ0n) is 19.3. The van der Waals surface area contributed by atoms with E-state index in [1.54, 1.807) is 12.1 Å². The molecule has 1 aliphatic carbocycles. The number of benzene rings is 1. The number of anilines is 3. The average Bonchev–Trinajstić information content (AvgIpc) is 3.08. The van der Waals surface area contributed by atoms with Crippen molar-refractivity contribution in [1.29, 1.82) is 0 Å². The van der Waals surface area contributed by atoms with Gasteiger partial charge in [-0.25, -0.2) is 9.97 Å². The third-order valence-corrected chi connectivity index (χ3v) is 5.49. The average molecular weight is 487 g/mol. The van der Waals surface area contributed by atoms with Crippen molar-refractivity contribution in [3.05, 3.63) is 65.3 Å². The van der Waals surface area contributed by atoms with Crippen molar-refractivity contribution in [2.24, 2.45) is 13.0 Å². The van der Waals surface area contributed by atoms with Gasteiger partial charge in [-0.3, -0.25) is 4.79 Å². The fourth-order valence-corrected chi connectivity index (χ4v) is 3.68. The molecule has 2 heterocycles. The highest BCUT2D eigenvalue weighted by Gasteiger charge is 2.30. The number of hydrogen-bond donors (Lipinski definition) is 2. The van der Waals surface area contributed by atoms with Crippen molar-refractivity contribution >= 4 is 29.4 Å². The summed E-state index contributed by atoms with van der Waals surface area (Å²) in [4.78, 5) is 20.5. The molecule has 4 rings (SSSR count). The van der Waals surface area contributed by atoms with Crippen molar-refractivity contribution in [3.8, 4) is 5.75 Å². The monoisotopic (exact) mass is 487 g/mol. The number of carbonyl (C=O) groups is 1. The summed E-state index contributed by atoms with van der Waals surface area (Å²) in [6.07, 6.45) is -0.361. The predicted molar refractivity (Wildman–Crippen MR) is 124 cm³/mol. The van der Waals surface area contributed by atoms with Crippen LogP contribution in [0.2, 0.25) is 0 Å². The van der Waals surface area contributed by atoms with Crippen LogP contribution >= 0.6 is 0 Å². The largest absolute Gasteiger partial charge is 0.461 e. The Balaban J connectivity index is 1.51. The first-order chi connectivity index (χ1) is 16.6. The van der Waals surface area contributed by atoms with Gasteiger partial charge in [0, 0.05) is 49.8 Å². The molecule has 35 heavy (non-hydrogen) atoms. The number of halogens is 3. The summed E-state index contributed by atoms with van der Waals surface area (Å²) in [5.41, 5.74) is 1.47. The van der Waals surface area contributed by atoms with Gasteiger partial charge >= 0.3 is 6.18 Å². The van der Waals surface area contributed by atoms with Crippen molar-refractivity contribution in [2.75, 3.05) is 24.4 Å². The zero-order valence-corrected chi connectivity index (χ0v) is 19.3. The minimum absolute atomic E-state index is 0.0384. The van der Waals surface area contributed by atoms with E-state index in [4.69, 9.17) is 9.47 Å². The minimum atomic E-state index is -4.39. The molecule has 1 amide bonds. The first kappa shape index (κ1) is 24.3. The predicted octanol–water partition coefficient (Wildman–Crippen LogP) is 4.77. The molecule has 1 unspecified atom stereocenters. The number of allylic oxidation sites excluding steroid dienone is 1. The van der Waals surface area contributed by atoms with Crippen LogP contribution in [0.15, 0.2) is 48.4 Å². The summed E-state index contributed by atoms with van der Waals surface area (Å²) in [6.45, 7) is 1.94. The normalized spacial score (nSPS) is 15.3. The van der Waals surface area contributed by atoms with Gasteiger partial charge in [-0.2, -0.15) is 13.2 Å². The third-order valence-electron chi connectivity index (χ3n) is 5.49. The van der Waals surface area contributed by atoms with Crippen LogP contribution in [-0.2, 0) is 29.2 Å². The van der Waals surface area contributed by atoms with E-state index in [1.165, 1.54) is 25.4 Å². The van der Waals surface area contributed by atoms with Crippen LogP contribution in [0, 0.1) is 5.92 Å². The number of aromatic nitrogens is 3. The molecule has 1 atom stereocenters. The molecule has 2 N–H and O–H groups in total. The van der Waals surface area contributed by atoms with Gasteiger partial charge in [-0.1, -0.05) is 6.92 Å².